The molecular weight excluding hydrogens is 460 g/mol. The highest BCUT2D eigenvalue weighted by Gasteiger charge is 2.34. The lowest BCUT2D eigenvalue weighted by Gasteiger charge is -2.38. The van der Waals surface area contributed by atoms with E-state index in [4.69, 9.17) is 9.15 Å². The lowest BCUT2D eigenvalue weighted by Crippen LogP contribution is -2.45. The van der Waals surface area contributed by atoms with Crippen LogP contribution >= 0.6 is 11.8 Å². The van der Waals surface area contributed by atoms with Gasteiger partial charge >= 0.3 is 0 Å². The summed E-state index contributed by atoms with van der Waals surface area (Å²) in [6.07, 6.45) is 3.40. The summed E-state index contributed by atoms with van der Waals surface area (Å²) in [5.41, 5.74) is 2.28. The molecule has 1 aliphatic heterocycles. The van der Waals surface area contributed by atoms with Crippen LogP contribution < -0.4 is 5.32 Å². The number of nitrogens with one attached hydrogen (secondary N) is 1. The fourth-order valence-corrected chi connectivity index (χ4v) is 5.23. The predicted molar refractivity (Wildman–Crippen MR) is 135 cm³/mol. The van der Waals surface area contributed by atoms with Crippen LogP contribution in [0.4, 0.5) is 0 Å². The van der Waals surface area contributed by atoms with E-state index in [9.17, 15) is 4.79 Å². The zero-order valence-electron chi connectivity index (χ0n) is 19.4. The van der Waals surface area contributed by atoms with Gasteiger partial charge in [-0.25, -0.2) is 0 Å². The van der Waals surface area contributed by atoms with Crippen molar-refractivity contribution in [3.63, 3.8) is 0 Å². The molecule has 1 amide bonds. The summed E-state index contributed by atoms with van der Waals surface area (Å²) in [6, 6.07) is 24.2. The Bertz CT molecular complexity index is 1220. The van der Waals surface area contributed by atoms with Gasteiger partial charge in [0.2, 0.25) is 11.7 Å². The van der Waals surface area contributed by atoms with Crippen molar-refractivity contribution >= 4 is 17.7 Å². The highest BCUT2D eigenvalue weighted by Crippen LogP contribution is 2.34. The van der Waals surface area contributed by atoms with Gasteiger partial charge in [-0.2, -0.15) is 0 Å². The monoisotopic (exact) mass is 488 g/mol. The second-order valence-electron chi connectivity index (χ2n) is 8.68. The summed E-state index contributed by atoms with van der Waals surface area (Å²) in [7, 11) is 0. The van der Waals surface area contributed by atoms with E-state index in [1.54, 1.807) is 6.26 Å². The zero-order chi connectivity index (χ0) is 23.9. The molecule has 35 heavy (non-hydrogen) atoms. The van der Waals surface area contributed by atoms with E-state index in [-0.39, 0.29) is 17.1 Å². The van der Waals surface area contributed by atoms with Crippen molar-refractivity contribution in [2.75, 3.05) is 25.5 Å². The number of ether oxygens (including phenoxy) is 1. The summed E-state index contributed by atoms with van der Waals surface area (Å²) in [5, 5.41) is 12.6. The largest absolute Gasteiger partial charge is 0.461 e. The highest BCUT2D eigenvalue weighted by atomic mass is 32.2. The van der Waals surface area contributed by atoms with Crippen molar-refractivity contribution in [2.24, 2.45) is 0 Å². The lowest BCUT2D eigenvalue weighted by molar-refractivity contribution is -0.119. The number of thioether (sulfide) groups is 1. The second-order valence-corrected chi connectivity index (χ2v) is 9.62. The third-order valence-corrected chi connectivity index (χ3v) is 7.40. The highest BCUT2D eigenvalue weighted by molar-refractivity contribution is 7.99. The number of nitrogens with zero attached hydrogens (tertiary/aromatic N) is 3. The number of benzene rings is 2. The molecule has 0 atom stereocenters. The molecule has 1 aliphatic rings. The maximum Gasteiger partial charge on any atom is 0.230 e. The molecular formula is C27H28N4O3S. The number of hydrogen-bond donors (Lipinski definition) is 1. The molecule has 1 N–H and O–H groups in total. The predicted octanol–water partition coefficient (Wildman–Crippen LogP) is 4.54. The smallest absolute Gasteiger partial charge is 0.230 e. The molecule has 1 saturated heterocycles. The zero-order valence-corrected chi connectivity index (χ0v) is 20.2. The van der Waals surface area contributed by atoms with E-state index in [1.807, 2.05) is 41.0 Å². The Hall–Kier alpha value is -3.36. The molecule has 1 fully saturated rings. The van der Waals surface area contributed by atoms with Gasteiger partial charge in [-0.15, -0.1) is 10.2 Å². The number of aromatic nitrogens is 3. The number of hydrogen-bond acceptors (Lipinski definition) is 6. The van der Waals surface area contributed by atoms with Gasteiger partial charge in [-0.05, 0) is 36.1 Å². The average molecular weight is 489 g/mol. The molecule has 0 radical (unpaired) electrons. The minimum atomic E-state index is -0.0976. The SMILES string of the molecule is O=C(CSc1nnc(-c2ccco2)n1Cc1ccccc1)NCC1(c2ccccc2)CCOCC1. The molecule has 2 aromatic carbocycles. The van der Waals surface area contributed by atoms with Crippen LogP contribution in [0.2, 0.25) is 0 Å². The Morgan fingerprint density at radius 3 is 2.43 bits per heavy atom. The molecule has 8 heteroatoms. The maximum absolute atomic E-state index is 12.9. The van der Waals surface area contributed by atoms with Gasteiger partial charge in [0, 0.05) is 25.2 Å². The number of amides is 1. The number of carbonyl (C=O) groups is 1. The second kappa shape index (κ2) is 10.9. The van der Waals surface area contributed by atoms with Gasteiger partial charge in [-0.3, -0.25) is 9.36 Å². The average Bonchev–Trinajstić information content (AvgIpc) is 3.58. The quantitative estimate of drug-likeness (QED) is 0.348. The van der Waals surface area contributed by atoms with E-state index in [0.29, 0.717) is 43.0 Å². The van der Waals surface area contributed by atoms with Crippen molar-refractivity contribution < 1.29 is 13.9 Å². The Morgan fingerprint density at radius 1 is 0.971 bits per heavy atom. The van der Waals surface area contributed by atoms with E-state index >= 15 is 0 Å². The number of rotatable bonds is 9. The van der Waals surface area contributed by atoms with Crippen molar-refractivity contribution in [2.45, 2.75) is 30.0 Å². The van der Waals surface area contributed by atoms with Gasteiger partial charge in [0.1, 0.15) is 0 Å². The molecule has 180 valence electrons. The van der Waals surface area contributed by atoms with Crippen LogP contribution in [0.1, 0.15) is 24.0 Å². The molecule has 4 aromatic rings. The van der Waals surface area contributed by atoms with E-state index in [2.05, 4.69) is 51.9 Å². The Balaban J connectivity index is 1.27. The van der Waals surface area contributed by atoms with Gasteiger partial charge < -0.3 is 14.5 Å². The molecule has 0 saturated carbocycles. The van der Waals surface area contributed by atoms with Gasteiger partial charge in [0.25, 0.3) is 0 Å². The van der Waals surface area contributed by atoms with Crippen molar-refractivity contribution in [3.8, 4) is 11.6 Å². The first-order valence-electron chi connectivity index (χ1n) is 11.8. The van der Waals surface area contributed by atoms with Gasteiger partial charge in [-0.1, -0.05) is 72.4 Å². The van der Waals surface area contributed by atoms with Crippen LogP contribution in [0.3, 0.4) is 0 Å². The van der Waals surface area contributed by atoms with Crippen LogP contribution in [0.15, 0.2) is 88.6 Å². The minimum Gasteiger partial charge on any atom is -0.461 e. The van der Waals surface area contributed by atoms with Crippen molar-refractivity contribution in [1.29, 1.82) is 0 Å². The molecule has 0 unspecified atom stereocenters. The Labute approximate surface area is 208 Å². The first-order chi connectivity index (χ1) is 17.2. The third kappa shape index (κ3) is 5.49. The summed E-state index contributed by atoms with van der Waals surface area (Å²) < 4.78 is 13.2. The van der Waals surface area contributed by atoms with Crippen LogP contribution in [0.5, 0.6) is 0 Å². The molecule has 7 nitrogen and oxygen atoms in total. The van der Waals surface area contributed by atoms with E-state index in [1.165, 1.54) is 17.3 Å². The number of furan rings is 1. The third-order valence-electron chi connectivity index (χ3n) is 6.43. The molecule has 5 rings (SSSR count). The number of carbonyl (C=O) groups excluding carboxylic acids is 1. The summed E-state index contributed by atoms with van der Waals surface area (Å²) >= 11 is 1.38. The molecule has 0 aliphatic carbocycles. The van der Waals surface area contributed by atoms with E-state index < -0.39 is 0 Å². The first kappa shape index (κ1) is 23.4. The Morgan fingerprint density at radius 2 is 1.71 bits per heavy atom. The standard InChI is InChI=1S/C27H28N4O3S/c32-24(28-20-27(13-16-33-17-14-27)22-10-5-2-6-11-22)19-35-26-30-29-25(23-12-7-15-34-23)31(26)18-21-8-3-1-4-9-21/h1-12,15H,13-14,16-20H2,(H,28,32). The minimum absolute atomic E-state index is 0.0226. The van der Waals surface area contributed by atoms with Gasteiger partial charge in [0.05, 0.1) is 18.6 Å². The van der Waals surface area contributed by atoms with E-state index in [0.717, 1.165) is 18.4 Å². The van der Waals surface area contributed by atoms with Crippen LogP contribution in [0.25, 0.3) is 11.6 Å². The molecule has 2 aromatic heterocycles. The van der Waals surface area contributed by atoms with Gasteiger partial charge in [0.15, 0.2) is 10.9 Å². The lowest BCUT2D eigenvalue weighted by atomic mass is 9.74. The van der Waals surface area contributed by atoms with Crippen molar-refractivity contribution in [3.05, 3.63) is 90.2 Å². The fraction of sp³-hybridized carbons (Fsp3) is 0.296. The Kier molecular flexibility index (Phi) is 7.30. The normalized spacial score (nSPS) is 15.1. The first-order valence-corrected chi connectivity index (χ1v) is 12.8. The summed E-state index contributed by atoms with van der Waals surface area (Å²) in [5.74, 6) is 1.53. The molecule has 3 heterocycles. The van der Waals surface area contributed by atoms with Crippen molar-refractivity contribution in [1.82, 2.24) is 20.1 Å². The summed E-state index contributed by atoms with van der Waals surface area (Å²) in [6.45, 7) is 2.59. The van der Waals surface area contributed by atoms with Crippen LogP contribution in [-0.4, -0.2) is 46.2 Å². The van der Waals surface area contributed by atoms with Crippen LogP contribution in [0, 0.1) is 0 Å². The maximum atomic E-state index is 12.9. The van der Waals surface area contributed by atoms with Crippen LogP contribution in [-0.2, 0) is 21.5 Å². The topological polar surface area (TPSA) is 82.2 Å². The summed E-state index contributed by atoms with van der Waals surface area (Å²) in [4.78, 5) is 12.9. The molecule has 0 bridgehead atoms. The fourth-order valence-electron chi connectivity index (χ4n) is 4.46. The molecule has 0 spiro atoms.